The maximum absolute atomic E-state index is 11.7. The van der Waals surface area contributed by atoms with Gasteiger partial charge in [0.05, 0.1) is 11.6 Å². The molecule has 1 aliphatic heterocycles. The molecule has 0 radical (unpaired) electrons. The first kappa shape index (κ1) is 19.3. The van der Waals surface area contributed by atoms with Crippen molar-refractivity contribution in [2.24, 2.45) is 5.92 Å². The van der Waals surface area contributed by atoms with Crippen molar-refractivity contribution < 1.29 is 9.53 Å². The van der Waals surface area contributed by atoms with E-state index >= 15 is 0 Å². The predicted octanol–water partition coefficient (Wildman–Crippen LogP) is 5.03. The summed E-state index contributed by atoms with van der Waals surface area (Å²) in [6.07, 6.45) is 5.19. The van der Waals surface area contributed by atoms with Crippen molar-refractivity contribution in [2.45, 2.75) is 45.3 Å². The van der Waals surface area contributed by atoms with Crippen molar-refractivity contribution in [2.75, 3.05) is 13.6 Å². The number of rotatable bonds is 4. The zero-order valence-electron chi connectivity index (χ0n) is 17.7. The molecule has 4 nitrogen and oxygen atoms in total. The van der Waals surface area contributed by atoms with Gasteiger partial charge in [0.15, 0.2) is 0 Å². The van der Waals surface area contributed by atoms with Gasteiger partial charge in [-0.15, -0.1) is 0 Å². The van der Waals surface area contributed by atoms with Crippen molar-refractivity contribution in [1.29, 1.82) is 0 Å². The molecule has 1 saturated carbocycles. The Kier molecular flexibility index (Phi) is 5.03. The highest BCUT2D eigenvalue weighted by Gasteiger charge is 2.28. The molecule has 5 rings (SSSR count). The molecule has 1 aromatic heterocycles. The number of pyridine rings is 1. The first-order chi connectivity index (χ1) is 14.6. The van der Waals surface area contributed by atoms with Gasteiger partial charge in [-0.25, -0.2) is 0 Å². The zero-order valence-corrected chi connectivity index (χ0v) is 17.7. The van der Waals surface area contributed by atoms with E-state index in [0.29, 0.717) is 24.5 Å². The number of likely N-dealkylation sites (N-methyl/N-ethyl adjacent to an activating group) is 1. The Morgan fingerprint density at radius 2 is 2.00 bits per heavy atom. The summed E-state index contributed by atoms with van der Waals surface area (Å²) in [6, 6.07) is 15.1. The second kappa shape index (κ2) is 7.84. The molecule has 0 bridgehead atoms. The summed E-state index contributed by atoms with van der Waals surface area (Å²) in [5.74, 6) is 1.51. The van der Waals surface area contributed by atoms with Crippen LogP contribution in [0.2, 0.25) is 0 Å². The lowest BCUT2D eigenvalue weighted by molar-refractivity contribution is -0.117. The van der Waals surface area contributed by atoms with Crippen molar-refractivity contribution >= 4 is 16.7 Å². The molecule has 2 heterocycles. The number of ether oxygens (including phenoxy) is 1. The number of fused-ring (bicyclic) bond motifs is 2. The highest BCUT2D eigenvalue weighted by molar-refractivity contribution is 5.90. The second-order valence-electron chi connectivity index (χ2n) is 8.88. The third-order valence-electron chi connectivity index (χ3n) is 6.69. The summed E-state index contributed by atoms with van der Waals surface area (Å²) in [5.41, 5.74) is 6.12. The first-order valence-corrected chi connectivity index (χ1v) is 10.9. The molecule has 154 valence electrons. The van der Waals surface area contributed by atoms with E-state index in [-0.39, 0.29) is 6.10 Å². The highest BCUT2D eigenvalue weighted by Crippen LogP contribution is 2.36. The van der Waals surface area contributed by atoms with Crippen LogP contribution in [0.4, 0.5) is 0 Å². The minimum absolute atomic E-state index is 0.00675. The van der Waals surface area contributed by atoms with Crippen molar-refractivity contribution in [3.05, 3.63) is 59.8 Å². The van der Waals surface area contributed by atoms with Crippen LogP contribution in [0, 0.1) is 5.92 Å². The zero-order chi connectivity index (χ0) is 20.7. The van der Waals surface area contributed by atoms with E-state index in [1.807, 2.05) is 12.3 Å². The SMILES string of the molecule is C[C@@H](Oc1cc(-c2ccc3c(c2)CN(C)CC3)cc2ncccc12)[C@H]1CCC(=O)C1. The molecule has 2 aliphatic rings. The smallest absolute Gasteiger partial charge is 0.133 e. The molecule has 4 heteroatoms. The largest absolute Gasteiger partial charge is 0.490 e. The number of aromatic nitrogens is 1. The van der Waals surface area contributed by atoms with E-state index < -0.39 is 0 Å². The molecule has 2 atom stereocenters. The molecule has 2 aromatic carbocycles. The monoisotopic (exact) mass is 400 g/mol. The number of carbonyl (C=O) groups excluding carboxylic acids is 1. The number of hydrogen-bond donors (Lipinski definition) is 0. The van der Waals surface area contributed by atoms with E-state index in [0.717, 1.165) is 48.1 Å². The van der Waals surface area contributed by atoms with Gasteiger partial charge >= 0.3 is 0 Å². The van der Waals surface area contributed by atoms with Gasteiger partial charge in [-0.1, -0.05) is 12.1 Å². The van der Waals surface area contributed by atoms with Crippen LogP contribution in [-0.4, -0.2) is 35.4 Å². The number of carbonyl (C=O) groups is 1. The van der Waals surface area contributed by atoms with Crippen molar-refractivity contribution in [3.63, 3.8) is 0 Å². The Labute approximate surface area is 177 Å². The fourth-order valence-electron chi connectivity index (χ4n) is 4.83. The Hall–Kier alpha value is -2.72. The van der Waals surface area contributed by atoms with Crippen molar-refractivity contribution in [3.8, 4) is 16.9 Å². The van der Waals surface area contributed by atoms with Gasteiger partial charge in [-0.05, 0) is 79.4 Å². The Balaban J connectivity index is 1.52. The minimum atomic E-state index is 0.00675. The third-order valence-corrected chi connectivity index (χ3v) is 6.69. The lowest BCUT2D eigenvalue weighted by atomic mass is 9.94. The third kappa shape index (κ3) is 3.72. The number of Topliss-reactive ketones (excluding diaryl/α,β-unsaturated/α-hetero) is 1. The second-order valence-corrected chi connectivity index (χ2v) is 8.88. The Bertz CT molecular complexity index is 1110. The summed E-state index contributed by atoms with van der Waals surface area (Å²) in [4.78, 5) is 18.7. The molecule has 0 saturated heterocycles. The lowest BCUT2D eigenvalue weighted by Gasteiger charge is -2.25. The van der Waals surface area contributed by atoms with Gasteiger partial charge in [0.25, 0.3) is 0 Å². The maximum Gasteiger partial charge on any atom is 0.133 e. The number of hydrogen-bond acceptors (Lipinski definition) is 4. The van der Waals surface area contributed by atoms with Gasteiger partial charge in [-0.3, -0.25) is 9.78 Å². The van der Waals surface area contributed by atoms with Crippen LogP contribution >= 0.6 is 0 Å². The molecular formula is C26H28N2O2. The van der Waals surface area contributed by atoms with Gasteiger partial charge in [0.1, 0.15) is 11.5 Å². The Morgan fingerprint density at radius 1 is 1.10 bits per heavy atom. The maximum atomic E-state index is 11.7. The quantitative estimate of drug-likeness (QED) is 0.616. The Morgan fingerprint density at radius 3 is 2.83 bits per heavy atom. The van der Waals surface area contributed by atoms with Crippen LogP contribution in [0.3, 0.4) is 0 Å². The molecular weight excluding hydrogens is 372 g/mol. The molecule has 0 amide bonds. The van der Waals surface area contributed by atoms with Gasteiger partial charge in [0.2, 0.25) is 0 Å². The number of ketones is 1. The van der Waals surface area contributed by atoms with E-state index in [9.17, 15) is 4.79 Å². The van der Waals surface area contributed by atoms with Crippen LogP contribution < -0.4 is 4.74 Å². The van der Waals surface area contributed by atoms with Crippen LogP contribution in [0.25, 0.3) is 22.0 Å². The van der Waals surface area contributed by atoms with E-state index in [1.165, 1.54) is 16.7 Å². The van der Waals surface area contributed by atoms with E-state index in [1.54, 1.807) is 0 Å². The summed E-state index contributed by atoms with van der Waals surface area (Å²) in [5, 5.41) is 1.02. The van der Waals surface area contributed by atoms with Gasteiger partial charge < -0.3 is 9.64 Å². The van der Waals surface area contributed by atoms with Crippen LogP contribution in [-0.2, 0) is 17.8 Å². The van der Waals surface area contributed by atoms with Crippen molar-refractivity contribution in [1.82, 2.24) is 9.88 Å². The average Bonchev–Trinajstić information content (AvgIpc) is 3.19. The van der Waals surface area contributed by atoms with Crippen LogP contribution in [0.15, 0.2) is 48.7 Å². The summed E-state index contributed by atoms with van der Waals surface area (Å²) in [6.45, 7) is 4.20. The normalized spacial score (nSPS) is 20.3. The molecule has 1 aliphatic carbocycles. The standard InChI is InChI=1S/C26H28N2O2/c1-17(19-7-8-23(29)13-19)30-26-15-21(14-25-24(26)4-3-10-27-25)20-6-5-18-9-11-28(2)16-22(18)12-20/h3-6,10,12,14-15,17,19H,7-9,11,13,16H2,1-2H3/t17-,19+/m1/s1. The van der Waals surface area contributed by atoms with E-state index in [4.69, 9.17) is 4.74 Å². The lowest BCUT2D eigenvalue weighted by Crippen LogP contribution is -2.26. The van der Waals surface area contributed by atoms with Gasteiger partial charge in [0, 0.05) is 43.4 Å². The van der Waals surface area contributed by atoms with Crippen LogP contribution in [0.1, 0.15) is 37.3 Å². The summed E-state index contributed by atoms with van der Waals surface area (Å²) < 4.78 is 6.45. The predicted molar refractivity (Wildman–Crippen MR) is 120 cm³/mol. The van der Waals surface area contributed by atoms with E-state index in [2.05, 4.69) is 60.3 Å². The highest BCUT2D eigenvalue weighted by atomic mass is 16.5. The molecule has 0 spiro atoms. The summed E-state index contributed by atoms with van der Waals surface area (Å²) >= 11 is 0. The molecule has 0 unspecified atom stereocenters. The summed E-state index contributed by atoms with van der Waals surface area (Å²) in [7, 11) is 2.18. The molecule has 0 N–H and O–H groups in total. The van der Waals surface area contributed by atoms with Crippen LogP contribution in [0.5, 0.6) is 5.75 Å². The molecule has 3 aromatic rings. The van der Waals surface area contributed by atoms with Gasteiger partial charge in [-0.2, -0.15) is 0 Å². The fourth-order valence-corrected chi connectivity index (χ4v) is 4.83. The first-order valence-electron chi connectivity index (χ1n) is 10.9. The molecule has 1 fully saturated rings. The minimum Gasteiger partial charge on any atom is -0.490 e. The topological polar surface area (TPSA) is 42.4 Å². The average molecular weight is 401 g/mol. The number of benzene rings is 2. The molecule has 30 heavy (non-hydrogen) atoms. The number of nitrogens with zero attached hydrogens (tertiary/aromatic N) is 2. The fraction of sp³-hybridized carbons (Fsp3) is 0.385.